The van der Waals surface area contributed by atoms with Crippen LogP contribution in [-0.4, -0.2) is 31.8 Å². The molecule has 1 aromatic carbocycles. The molecule has 0 spiro atoms. The van der Waals surface area contributed by atoms with Gasteiger partial charge in [-0.2, -0.15) is 0 Å². The van der Waals surface area contributed by atoms with E-state index in [1.165, 1.54) is 18.2 Å². The molecule has 2 aromatic heterocycles. The van der Waals surface area contributed by atoms with Crippen LogP contribution in [0.2, 0.25) is 0 Å². The van der Waals surface area contributed by atoms with Crippen molar-refractivity contribution < 1.29 is 14.6 Å². The molecule has 0 fully saturated rings. The van der Waals surface area contributed by atoms with Crippen molar-refractivity contribution in [3.8, 4) is 5.75 Å². The largest absolute Gasteiger partial charge is 0.508 e. The van der Waals surface area contributed by atoms with Gasteiger partial charge in [0.2, 0.25) is 0 Å². The maximum Gasteiger partial charge on any atom is 0.336 e. The van der Waals surface area contributed by atoms with Gasteiger partial charge in [-0.05, 0) is 17.7 Å². The Morgan fingerprint density at radius 1 is 1.29 bits per heavy atom. The van der Waals surface area contributed by atoms with Crippen molar-refractivity contribution in [1.82, 2.24) is 15.0 Å². The summed E-state index contributed by atoms with van der Waals surface area (Å²) in [7, 11) is 0. The summed E-state index contributed by atoms with van der Waals surface area (Å²) < 4.78 is 6.66. The topological polar surface area (TPSA) is 101 Å². The highest BCUT2D eigenvalue weighted by atomic mass is 16.4. The lowest BCUT2D eigenvalue weighted by Gasteiger charge is -2.05. The summed E-state index contributed by atoms with van der Waals surface area (Å²) in [6.45, 7) is 0.362. The molecular weight excluding hydrogens is 274 g/mol. The summed E-state index contributed by atoms with van der Waals surface area (Å²) in [5.74, 6) is 0.0359. The summed E-state index contributed by atoms with van der Waals surface area (Å²) in [6, 6.07) is 6.02. The van der Waals surface area contributed by atoms with Crippen LogP contribution in [0.5, 0.6) is 5.75 Å². The van der Waals surface area contributed by atoms with Crippen LogP contribution in [0.3, 0.4) is 0 Å². The number of hydrogen-bond acceptors (Lipinski definition) is 6. The van der Waals surface area contributed by atoms with E-state index in [9.17, 15) is 9.90 Å². The third-order valence-corrected chi connectivity index (χ3v) is 3.10. The van der Waals surface area contributed by atoms with Gasteiger partial charge in [0.05, 0.1) is 12.2 Å². The quantitative estimate of drug-likeness (QED) is 0.684. The van der Waals surface area contributed by atoms with Gasteiger partial charge in [-0.3, -0.25) is 0 Å². The monoisotopic (exact) mass is 287 g/mol. The summed E-state index contributed by atoms with van der Waals surface area (Å²) >= 11 is 0. The number of aromatic hydroxyl groups is 1. The Balaban J connectivity index is 2.01. The van der Waals surface area contributed by atoms with E-state index in [-0.39, 0.29) is 12.4 Å². The minimum absolute atomic E-state index is 0.00975. The molecule has 0 aliphatic rings. The van der Waals surface area contributed by atoms with E-state index in [1.807, 2.05) is 0 Å². The molecule has 0 saturated heterocycles. The van der Waals surface area contributed by atoms with E-state index in [2.05, 4.69) is 10.3 Å². The second kappa shape index (κ2) is 5.37. The molecule has 0 saturated carbocycles. The molecule has 2 N–H and O–H groups in total. The summed E-state index contributed by atoms with van der Waals surface area (Å²) in [4.78, 5) is 11.6. The average Bonchev–Trinajstić information content (AvgIpc) is 2.85. The van der Waals surface area contributed by atoms with Crippen LogP contribution in [-0.2, 0) is 13.0 Å². The van der Waals surface area contributed by atoms with E-state index in [1.54, 1.807) is 16.9 Å². The number of rotatable bonds is 4. The predicted molar refractivity (Wildman–Crippen MR) is 74.1 cm³/mol. The third kappa shape index (κ3) is 2.77. The van der Waals surface area contributed by atoms with Crippen LogP contribution in [0.4, 0.5) is 0 Å². The number of aromatic nitrogens is 3. The highest BCUT2D eigenvalue weighted by molar-refractivity contribution is 5.81. The Labute approximate surface area is 119 Å². The van der Waals surface area contributed by atoms with Crippen LogP contribution in [0, 0.1) is 0 Å². The fraction of sp³-hybridized carbons (Fsp3) is 0.214. The molecule has 0 aliphatic carbocycles. The van der Waals surface area contributed by atoms with Gasteiger partial charge in [-0.15, -0.1) is 5.10 Å². The van der Waals surface area contributed by atoms with Gasteiger partial charge in [0, 0.05) is 36.7 Å². The van der Waals surface area contributed by atoms with Gasteiger partial charge in [0.15, 0.2) is 0 Å². The molecule has 0 aliphatic heterocycles. The zero-order valence-electron chi connectivity index (χ0n) is 11.1. The van der Waals surface area contributed by atoms with Crippen LogP contribution in [0.25, 0.3) is 11.0 Å². The number of aliphatic hydroxyl groups excluding tert-OH is 1. The highest BCUT2D eigenvalue weighted by Gasteiger charge is 2.08. The Bertz CT molecular complexity index is 838. The lowest BCUT2D eigenvalue weighted by molar-refractivity contribution is 0.298. The molecule has 0 unspecified atom stereocenters. The van der Waals surface area contributed by atoms with Crippen molar-refractivity contribution in [2.75, 3.05) is 6.61 Å². The van der Waals surface area contributed by atoms with Crippen molar-refractivity contribution in [2.24, 2.45) is 0 Å². The second-order valence-corrected chi connectivity index (χ2v) is 4.65. The molecular formula is C14H13N3O4. The highest BCUT2D eigenvalue weighted by Crippen LogP contribution is 2.22. The van der Waals surface area contributed by atoms with Crippen molar-refractivity contribution in [1.29, 1.82) is 0 Å². The van der Waals surface area contributed by atoms with Crippen LogP contribution in [0.15, 0.2) is 39.7 Å². The summed E-state index contributed by atoms with van der Waals surface area (Å²) in [6.07, 6.45) is 2.16. The zero-order valence-corrected chi connectivity index (χ0v) is 11.1. The molecule has 0 bridgehead atoms. The molecule has 3 aromatic rings. The molecule has 108 valence electrons. The van der Waals surface area contributed by atoms with Gasteiger partial charge >= 0.3 is 5.63 Å². The first-order chi connectivity index (χ1) is 10.2. The van der Waals surface area contributed by atoms with Crippen molar-refractivity contribution >= 4 is 11.0 Å². The van der Waals surface area contributed by atoms with E-state index >= 15 is 0 Å². The second-order valence-electron chi connectivity index (χ2n) is 4.65. The fourth-order valence-corrected chi connectivity index (χ4v) is 2.17. The van der Waals surface area contributed by atoms with Crippen molar-refractivity contribution in [3.05, 3.63) is 52.1 Å². The lowest BCUT2D eigenvalue weighted by atomic mass is 10.1. The molecule has 7 heteroatoms. The number of phenols is 1. The Morgan fingerprint density at radius 3 is 2.95 bits per heavy atom. The molecule has 7 nitrogen and oxygen atoms in total. The lowest BCUT2D eigenvalue weighted by Crippen LogP contribution is -2.06. The molecule has 3 rings (SSSR count). The maximum absolute atomic E-state index is 11.6. The van der Waals surface area contributed by atoms with Gasteiger partial charge in [0.1, 0.15) is 11.3 Å². The first-order valence-corrected chi connectivity index (χ1v) is 6.41. The fourth-order valence-electron chi connectivity index (χ4n) is 2.17. The first kappa shape index (κ1) is 13.3. The van der Waals surface area contributed by atoms with Crippen molar-refractivity contribution in [3.63, 3.8) is 0 Å². The molecule has 21 heavy (non-hydrogen) atoms. The first-order valence-electron chi connectivity index (χ1n) is 6.41. The van der Waals surface area contributed by atoms with Crippen LogP contribution < -0.4 is 5.63 Å². The standard InChI is InChI=1S/C14H13N3O4/c18-4-3-10-8-17(16-15-10)7-9-5-14(20)21-13-6-11(19)1-2-12(9)13/h1-2,5-6,8,18-19H,3-4,7H2. The van der Waals surface area contributed by atoms with Gasteiger partial charge in [-0.25, -0.2) is 9.48 Å². The SMILES string of the molecule is O=c1cc(Cn2cc(CCO)nn2)c2ccc(O)cc2o1. The van der Waals surface area contributed by atoms with E-state index in [0.717, 1.165) is 10.9 Å². The number of aliphatic hydroxyl groups is 1. The molecule has 2 heterocycles. The summed E-state index contributed by atoms with van der Waals surface area (Å²) in [5, 5.41) is 26.9. The Hall–Kier alpha value is -2.67. The van der Waals surface area contributed by atoms with E-state index in [4.69, 9.17) is 9.52 Å². The third-order valence-electron chi connectivity index (χ3n) is 3.10. The number of nitrogens with zero attached hydrogens (tertiary/aromatic N) is 3. The maximum atomic E-state index is 11.6. The van der Waals surface area contributed by atoms with Crippen LogP contribution in [0.1, 0.15) is 11.3 Å². The number of hydrogen-bond donors (Lipinski definition) is 2. The predicted octanol–water partition coefficient (Wildman–Crippen LogP) is 0.673. The van der Waals surface area contributed by atoms with Gasteiger partial charge in [-0.1, -0.05) is 5.21 Å². The molecule has 0 radical (unpaired) electrons. The Morgan fingerprint density at radius 2 is 2.14 bits per heavy atom. The normalized spacial score (nSPS) is 11.1. The number of fused-ring (bicyclic) bond motifs is 1. The minimum atomic E-state index is -0.487. The van der Waals surface area contributed by atoms with Crippen LogP contribution >= 0.6 is 0 Å². The number of phenolic OH excluding ortho intramolecular Hbond substituents is 1. The number of benzene rings is 1. The molecule has 0 atom stereocenters. The van der Waals surface area contributed by atoms with Gasteiger partial charge < -0.3 is 14.6 Å². The van der Waals surface area contributed by atoms with Gasteiger partial charge in [0.25, 0.3) is 0 Å². The van der Waals surface area contributed by atoms with E-state index in [0.29, 0.717) is 24.2 Å². The Kier molecular flexibility index (Phi) is 3.41. The molecule has 0 amide bonds. The smallest absolute Gasteiger partial charge is 0.336 e. The van der Waals surface area contributed by atoms with Crippen molar-refractivity contribution in [2.45, 2.75) is 13.0 Å². The average molecular weight is 287 g/mol. The zero-order chi connectivity index (χ0) is 14.8. The minimum Gasteiger partial charge on any atom is -0.508 e. The van der Waals surface area contributed by atoms with E-state index < -0.39 is 5.63 Å². The summed E-state index contributed by atoms with van der Waals surface area (Å²) in [5.41, 5.74) is 1.25.